The highest BCUT2D eigenvalue weighted by Gasteiger charge is 2.30. The van der Waals surface area contributed by atoms with Crippen LogP contribution < -0.4 is 10.6 Å². The summed E-state index contributed by atoms with van der Waals surface area (Å²) in [4.78, 5) is 97.9. The van der Waals surface area contributed by atoms with E-state index in [1.165, 1.54) is 27.8 Å². The Hall–Kier alpha value is -5.23. The van der Waals surface area contributed by atoms with Gasteiger partial charge in [0.1, 0.15) is 12.3 Å². The van der Waals surface area contributed by atoms with Crippen LogP contribution >= 0.6 is 0 Å². The zero-order valence-electron chi connectivity index (χ0n) is 39.6. The quantitative estimate of drug-likeness (QED) is 0.0884. The summed E-state index contributed by atoms with van der Waals surface area (Å²) in [6.07, 6.45) is 9.91. The van der Waals surface area contributed by atoms with Crippen LogP contribution in [-0.2, 0) is 59.5 Å². The van der Waals surface area contributed by atoms with E-state index in [-0.39, 0.29) is 43.9 Å². The van der Waals surface area contributed by atoms with Crippen molar-refractivity contribution in [2.24, 2.45) is 5.92 Å². The number of nitrogens with one attached hydrogen (secondary N) is 2. The van der Waals surface area contributed by atoms with Gasteiger partial charge < -0.3 is 35.4 Å². The van der Waals surface area contributed by atoms with Crippen LogP contribution in [-0.4, -0.2) is 186 Å². The second-order valence-electron chi connectivity index (χ2n) is 18.6. The molecule has 2 aromatic carbocycles. The lowest BCUT2D eigenvalue weighted by atomic mass is 9.87. The van der Waals surface area contributed by atoms with E-state index in [9.17, 15) is 43.8 Å². The summed E-state index contributed by atoms with van der Waals surface area (Å²) in [6.45, 7) is 7.99. The molecule has 3 heterocycles. The number of carboxylic acids is 2. The SMILES string of the molecule is Cc1ccc(CCCCCC(=O)NC(CCCCNC(=O)CN2CCN(CC=O)CCN(CC(=O)O)CCN(CC(=O)O)CC2)C(=O)N2CCC(Cc3cccc4c3CN(C=O)C4)CC2)cc1. The first-order chi connectivity index (χ1) is 32.4. The van der Waals surface area contributed by atoms with Crippen LogP contribution in [0.5, 0.6) is 0 Å². The van der Waals surface area contributed by atoms with Crippen LogP contribution in [0.4, 0.5) is 0 Å². The number of rotatable bonds is 24. The predicted molar refractivity (Wildman–Crippen MR) is 254 cm³/mol. The molecule has 368 valence electrons. The zero-order valence-corrected chi connectivity index (χ0v) is 39.6. The van der Waals surface area contributed by atoms with Crippen molar-refractivity contribution in [3.63, 3.8) is 0 Å². The lowest BCUT2D eigenvalue weighted by Crippen LogP contribution is -2.51. The second kappa shape index (κ2) is 28.2. The Balaban J connectivity index is 1.11. The van der Waals surface area contributed by atoms with E-state index in [1.807, 2.05) is 14.7 Å². The molecule has 3 aliphatic heterocycles. The van der Waals surface area contributed by atoms with Crippen molar-refractivity contribution < 1.29 is 43.8 Å². The summed E-state index contributed by atoms with van der Waals surface area (Å²) >= 11 is 0. The fourth-order valence-electron chi connectivity index (χ4n) is 9.43. The lowest BCUT2D eigenvalue weighted by Gasteiger charge is -2.35. The summed E-state index contributed by atoms with van der Waals surface area (Å²) in [5, 5.41) is 25.1. The normalized spacial score (nSPS) is 17.7. The lowest BCUT2D eigenvalue weighted by molar-refractivity contribution is -0.140. The monoisotopic (exact) mass is 931 g/mol. The van der Waals surface area contributed by atoms with Gasteiger partial charge in [-0.15, -0.1) is 0 Å². The molecule has 0 radical (unpaired) electrons. The minimum absolute atomic E-state index is 0.0668. The zero-order chi connectivity index (χ0) is 48.0. The summed E-state index contributed by atoms with van der Waals surface area (Å²) < 4.78 is 0. The Kier molecular flexibility index (Phi) is 22.2. The molecular weight excluding hydrogens is 857 g/mol. The van der Waals surface area contributed by atoms with Crippen molar-refractivity contribution in [2.75, 3.05) is 98.2 Å². The van der Waals surface area contributed by atoms with Crippen LogP contribution in [0.2, 0.25) is 0 Å². The van der Waals surface area contributed by atoms with Crippen LogP contribution in [0.25, 0.3) is 0 Å². The largest absolute Gasteiger partial charge is 0.480 e. The highest BCUT2D eigenvalue weighted by Crippen LogP contribution is 2.30. The van der Waals surface area contributed by atoms with E-state index in [2.05, 4.69) is 60.0 Å². The van der Waals surface area contributed by atoms with Crippen molar-refractivity contribution in [3.05, 3.63) is 70.3 Å². The molecule has 67 heavy (non-hydrogen) atoms. The molecule has 3 aliphatic rings. The molecule has 17 nitrogen and oxygen atoms in total. The molecule has 4 amide bonds. The number of nitrogens with zero attached hydrogens (tertiary/aromatic N) is 6. The van der Waals surface area contributed by atoms with Crippen molar-refractivity contribution in [1.82, 2.24) is 40.0 Å². The minimum atomic E-state index is -0.993. The molecule has 0 aliphatic carbocycles. The third-order valence-corrected chi connectivity index (χ3v) is 13.4. The van der Waals surface area contributed by atoms with Crippen molar-refractivity contribution >= 4 is 42.4 Å². The topological polar surface area (TPSA) is 203 Å². The first-order valence-corrected chi connectivity index (χ1v) is 24.3. The van der Waals surface area contributed by atoms with Crippen LogP contribution in [0.15, 0.2) is 42.5 Å². The third kappa shape index (κ3) is 18.8. The number of aryl methyl sites for hydroxylation is 2. The van der Waals surface area contributed by atoms with E-state index < -0.39 is 18.0 Å². The molecule has 0 aromatic heterocycles. The number of carbonyl (C=O) groups is 7. The van der Waals surface area contributed by atoms with Crippen molar-refractivity contribution in [1.29, 1.82) is 0 Å². The summed E-state index contributed by atoms with van der Waals surface area (Å²) in [5.74, 6) is -1.95. The maximum Gasteiger partial charge on any atom is 0.317 e. The van der Waals surface area contributed by atoms with Gasteiger partial charge in [-0.1, -0.05) is 54.4 Å². The maximum atomic E-state index is 14.1. The number of unbranched alkanes of at least 4 members (excludes halogenated alkanes) is 3. The molecule has 2 fully saturated rings. The number of carbonyl (C=O) groups excluding carboxylic acids is 5. The van der Waals surface area contributed by atoms with Crippen molar-refractivity contribution in [3.8, 4) is 0 Å². The molecule has 17 heteroatoms. The van der Waals surface area contributed by atoms with Gasteiger partial charge >= 0.3 is 11.9 Å². The smallest absolute Gasteiger partial charge is 0.317 e. The van der Waals surface area contributed by atoms with Gasteiger partial charge in [0.2, 0.25) is 24.1 Å². The van der Waals surface area contributed by atoms with E-state index in [4.69, 9.17) is 0 Å². The fourth-order valence-corrected chi connectivity index (χ4v) is 9.43. The molecule has 0 bridgehead atoms. The van der Waals surface area contributed by atoms with Crippen LogP contribution in [0.1, 0.15) is 85.6 Å². The Morgan fingerprint density at radius 1 is 0.701 bits per heavy atom. The van der Waals surface area contributed by atoms with E-state index in [0.717, 1.165) is 57.6 Å². The van der Waals surface area contributed by atoms with Crippen LogP contribution in [0, 0.1) is 12.8 Å². The van der Waals surface area contributed by atoms with Crippen molar-refractivity contribution in [2.45, 2.75) is 96.7 Å². The Bertz CT molecular complexity index is 1920. The van der Waals surface area contributed by atoms with E-state index >= 15 is 0 Å². The number of amides is 4. The van der Waals surface area contributed by atoms with Gasteiger partial charge in [0, 0.05) is 91.5 Å². The van der Waals surface area contributed by atoms with Gasteiger partial charge in [0.25, 0.3) is 0 Å². The molecule has 2 saturated heterocycles. The molecule has 2 aromatic rings. The standard InChI is InChI=1S/C50H74N8O9/c1-39-13-15-40(16-14-39)8-3-2-4-12-46(61)52-45(50(67)58-20-17-41(18-21-58)32-42-9-7-10-43-33-57(38-60)34-44(42)43)11-5-6-19-51-47(62)35-54-24-22-53(30-31-59)23-25-55(36-48(63)64)28-29-56(27-26-54)37-49(65)66/h7,9-10,13-16,31,38,41,45H,2-6,8,11-12,17-30,32-37H2,1H3,(H,51,62)(H,52,61)(H,63,64)(H,65,66). The molecular formula is C50H74N8O9. The Morgan fingerprint density at radius 2 is 1.33 bits per heavy atom. The average molecular weight is 931 g/mol. The number of aldehydes is 1. The molecule has 1 unspecified atom stereocenters. The number of fused-ring (bicyclic) bond motifs is 1. The summed E-state index contributed by atoms with van der Waals surface area (Å²) in [6, 6.07) is 14.2. The predicted octanol–water partition coefficient (Wildman–Crippen LogP) is 2.41. The molecule has 1 atom stereocenters. The highest BCUT2D eigenvalue weighted by molar-refractivity contribution is 5.87. The number of likely N-dealkylation sites (tertiary alicyclic amines) is 1. The third-order valence-electron chi connectivity index (χ3n) is 13.4. The Labute approximate surface area is 396 Å². The fraction of sp³-hybridized carbons (Fsp3) is 0.620. The van der Waals surface area contributed by atoms with Crippen LogP contribution in [0.3, 0.4) is 0 Å². The minimum Gasteiger partial charge on any atom is -0.480 e. The number of hydrogen-bond acceptors (Lipinski definition) is 11. The van der Waals surface area contributed by atoms with Gasteiger partial charge in [-0.2, -0.15) is 0 Å². The Morgan fingerprint density at radius 3 is 1.94 bits per heavy atom. The van der Waals surface area contributed by atoms with Gasteiger partial charge in [-0.3, -0.25) is 48.4 Å². The summed E-state index contributed by atoms with van der Waals surface area (Å²) in [5.41, 5.74) is 6.24. The molecule has 0 saturated carbocycles. The number of aliphatic carboxylic acids is 2. The number of benzene rings is 2. The van der Waals surface area contributed by atoms with Gasteiger partial charge in [0.05, 0.1) is 26.2 Å². The second-order valence-corrected chi connectivity index (χ2v) is 18.6. The van der Waals surface area contributed by atoms with Gasteiger partial charge in [-0.05, 0) is 92.9 Å². The number of piperidine rings is 1. The highest BCUT2D eigenvalue weighted by atomic mass is 16.4. The van der Waals surface area contributed by atoms with Gasteiger partial charge in [-0.25, -0.2) is 0 Å². The maximum absolute atomic E-state index is 14.1. The number of hydrogen-bond donors (Lipinski definition) is 4. The first kappa shape index (κ1) is 52.7. The first-order valence-electron chi connectivity index (χ1n) is 24.3. The van der Waals surface area contributed by atoms with Gasteiger partial charge in [0.15, 0.2) is 0 Å². The van der Waals surface area contributed by atoms with E-state index in [1.54, 1.807) is 14.7 Å². The molecule has 5 rings (SSSR count). The van der Waals surface area contributed by atoms with E-state index in [0.29, 0.717) is 117 Å². The number of carboxylic acid groups (broad SMARTS) is 2. The summed E-state index contributed by atoms with van der Waals surface area (Å²) in [7, 11) is 0. The molecule has 4 N–H and O–H groups in total. The molecule has 0 spiro atoms. The average Bonchev–Trinajstić information content (AvgIpc) is 3.74.